The Morgan fingerprint density at radius 1 is 1.22 bits per heavy atom. The number of nitrogens with one attached hydrogen (secondary N) is 1. The van der Waals surface area contributed by atoms with Crippen LogP contribution in [0.5, 0.6) is 0 Å². The molecule has 0 aromatic heterocycles. The molecule has 0 spiro atoms. The van der Waals surface area contributed by atoms with E-state index in [9.17, 15) is 22.8 Å². The van der Waals surface area contributed by atoms with E-state index in [-0.39, 0.29) is 11.5 Å². The molecule has 2 aromatic rings. The topological polar surface area (TPSA) is 75.4 Å². The monoisotopic (exact) mass is 379 g/mol. The number of carbonyl (C=O) groups excluding carboxylic acids is 2. The van der Waals surface area contributed by atoms with Crippen LogP contribution in [-0.4, -0.2) is 36.5 Å². The quantitative estimate of drug-likeness (QED) is 0.858. The average Bonchev–Trinajstić information content (AvgIpc) is 2.64. The molecule has 144 valence electrons. The van der Waals surface area contributed by atoms with Crippen molar-refractivity contribution in [3.05, 3.63) is 47.5 Å². The number of benzene rings is 2. The molecule has 8 heteroatoms. The third-order valence-corrected chi connectivity index (χ3v) is 4.79. The van der Waals surface area contributed by atoms with Gasteiger partial charge >= 0.3 is 12.2 Å². The Morgan fingerprint density at radius 2 is 1.96 bits per heavy atom. The molecule has 0 saturated carbocycles. The maximum Gasteiger partial charge on any atom is 0.416 e. The van der Waals surface area contributed by atoms with E-state index in [0.29, 0.717) is 36.8 Å². The molecule has 0 radical (unpaired) electrons. The molecule has 1 fully saturated rings. The number of likely N-dealkylation sites (tertiary alicyclic amines) is 1. The zero-order valence-corrected chi connectivity index (χ0v) is 14.6. The second kappa shape index (κ2) is 7.46. The molecule has 3 N–H and O–H groups in total. The molecule has 27 heavy (non-hydrogen) atoms. The Morgan fingerprint density at radius 3 is 2.67 bits per heavy atom. The van der Waals surface area contributed by atoms with Gasteiger partial charge in [0, 0.05) is 25.2 Å². The Hall–Kier alpha value is -2.77. The van der Waals surface area contributed by atoms with Gasteiger partial charge in [0.2, 0.25) is 0 Å². The molecule has 1 atom stereocenters. The Balaban J connectivity index is 1.91. The second-order valence-corrected chi connectivity index (χ2v) is 6.75. The number of piperidine rings is 1. The fourth-order valence-corrected chi connectivity index (χ4v) is 3.48. The standard InChI is InChI=1S/C19H20F3N3O2/c20-19(21,22)14-8-13-5-1-2-6-15(13)16(9-14)17(26)25-7-3-4-12(11-25)10-24-18(23)27/h1-2,5-6,8-9,12H,3-4,7,10-11H2,(H3,23,24,27). The number of amides is 3. The number of nitrogens with two attached hydrogens (primary N) is 1. The van der Waals surface area contributed by atoms with Crippen molar-refractivity contribution in [3.63, 3.8) is 0 Å². The van der Waals surface area contributed by atoms with Crippen molar-refractivity contribution in [2.24, 2.45) is 11.7 Å². The van der Waals surface area contributed by atoms with Gasteiger partial charge in [0.15, 0.2) is 0 Å². The van der Waals surface area contributed by atoms with Gasteiger partial charge in [-0.15, -0.1) is 0 Å². The van der Waals surface area contributed by atoms with Gasteiger partial charge in [0.05, 0.1) is 5.56 Å². The highest BCUT2D eigenvalue weighted by Gasteiger charge is 2.33. The third-order valence-electron chi connectivity index (χ3n) is 4.79. The first-order chi connectivity index (χ1) is 12.8. The van der Waals surface area contributed by atoms with Crippen molar-refractivity contribution >= 4 is 22.7 Å². The van der Waals surface area contributed by atoms with Crippen LogP contribution in [0.4, 0.5) is 18.0 Å². The predicted molar refractivity (Wildman–Crippen MR) is 95.2 cm³/mol. The number of rotatable bonds is 3. The largest absolute Gasteiger partial charge is 0.416 e. The smallest absolute Gasteiger partial charge is 0.352 e. The van der Waals surface area contributed by atoms with E-state index in [1.807, 2.05) is 0 Å². The van der Waals surface area contributed by atoms with Crippen molar-refractivity contribution in [1.82, 2.24) is 10.2 Å². The van der Waals surface area contributed by atoms with Crippen LogP contribution in [0.1, 0.15) is 28.8 Å². The number of fused-ring (bicyclic) bond motifs is 1. The van der Waals surface area contributed by atoms with E-state index in [1.165, 1.54) is 0 Å². The molecule has 2 aromatic carbocycles. The highest BCUT2D eigenvalue weighted by molar-refractivity contribution is 6.07. The summed E-state index contributed by atoms with van der Waals surface area (Å²) >= 11 is 0. The summed E-state index contributed by atoms with van der Waals surface area (Å²) in [5.74, 6) is -0.409. The van der Waals surface area contributed by atoms with Gasteiger partial charge in [0.1, 0.15) is 0 Å². The van der Waals surface area contributed by atoms with Crippen LogP contribution in [0.15, 0.2) is 36.4 Å². The normalized spacial score (nSPS) is 17.7. The van der Waals surface area contributed by atoms with Crippen molar-refractivity contribution in [2.75, 3.05) is 19.6 Å². The summed E-state index contributed by atoms with van der Waals surface area (Å²) in [4.78, 5) is 25.5. The second-order valence-electron chi connectivity index (χ2n) is 6.75. The van der Waals surface area contributed by atoms with Gasteiger partial charge in [-0.2, -0.15) is 13.2 Å². The molecule has 1 aliphatic heterocycles. The summed E-state index contributed by atoms with van der Waals surface area (Å²) in [6.45, 7) is 1.17. The van der Waals surface area contributed by atoms with Crippen molar-refractivity contribution in [3.8, 4) is 0 Å². The highest BCUT2D eigenvalue weighted by atomic mass is 19.4. The summed E-state index contributed by atoms with van der Waals surface area (Å²) in [6, 6.07) is 7.90. The first-order valence-corrected chi connectivity index (χ1v) is 8.68. The molecule has 1 aliphatic rings. The van der Waals surface area contributed by atoms with Crippen LogP contribution >= 0.6 is 0 Å². The first-order valence-electron chi connectivity index (χ1n) is 8.68. The van der Waals surface area contributed by atoms with Gasteiger partial charge in [-0.3, -0.25) is 4.79 Å². The zero-order chi connectivity index (χ0) is 19.6. The SMILES string of the molecule is NC(=O)NCC1CCCN(C(=O)c2cc(C(F)(F)F)cc3ccccc23)C1. The van der Waals surface area contributed by atoms with E-state index < -0.39 is 23.7 Å². The molecule has 0 bridgehead atoms. The average molecular weight is 379 g/mol. The minimum atomic E-state index is -4.53. The van der Waals surface area contributed by atoms with Crippen LogP contribution < -0.4 is 11.1 Å². The van der Waals surface area contributed by atoms with Gasteiger partial charge in [0.25, 0.3) is 5.91 Å². The number of urea groups is 1. The summed E-state index contributed by atoms with van der Waals surface area (Å²) in [6.07, 6.45) is -3.00. The lowest BCUT2D eigenvalue weighted by atomic mass is 9.95. The molecule has 3 amide bonds. The first kappa shape index (κ1) is 19.0. The lowest BCUT2D eigenvalue weighted by molar-refractivity contribution is -0.137. The Kier molecular flexibility index (Phi) is 5.25. The van der Waals surface area contributed by atoms with Gasteiger partial charge in [-0.1, -0.05) is 24.3 Å². The lowest BCUT2D eigenvalue weighted by Crippen LogP contribution is -2.44. The molecule has 1 unspecified atom stereocenters. The fourth-order valence-electron chi connectivity index (χ4n) is 3.48. The minimum Gasteiger partial charge on any atom is -0.352 e. The van der Waals surface area contributed by atoms with Crippen LogP contribution in [-0.2, 0) is 6.18 Å². The number of carbonyl (C=O) groups is 2. The van der Waals surface area contributed by atoms with Crippen LogP contribution in [0.3, 0.4) is 0 Å². The summed E-state index contributed by atoms with van der Waals surface area (Å²) in [5.41, 5.74) is 4.28. The molecular formula is C19H20F3N3O2. The molecule has 1 heterocycles. The zero-order valence-electron chi connectivity index (χ0n) is 14.6. The molecule has 3 rings (SSSR count). The summed E-state index contributed by atoms with van der Waals surface area (Å²) in [7, 11) is 0. The minimum absolute atomic E-state index is 0.0206. The highest BCUT2D eigenvalue weighted by Crippen LogP contribution is 2.34. The molecular weight excluding hydrogens is 359 g/mol. The number of hydrogen-bond acceptors (Lipinski definition) is 2. The predicted octanol–water partition coefficient (Wildman–Crippen LogP) is 3.38. The molecule has 1 saturated heterocycles. The van der Waals surface area contributed by atoms with E-state index in [0.717, 1.165) is 18.6 Å². The van der Waals surface area contributed by atoms with Gasteiger partial charge < -0.3 is 16.0 Å². The van der Waals surface area contributed by atoms with E-state index >= 15 is 0 Å². The van der Waals surface area contributed by atoms with E-state index in [4.69, 9.17) is 5.73 Å². The van der Waals surface area contributed by atoms with Crippen LogP contribution in [0, 0.1) is 5.92 Å². The number of primary amides is 1. The Labute approximate surface area is 154 Å². The lowest BCUT2D eigenvalue weighted by Gasteiger charge is -2.33. The van der Waals surface area contributed by atoms with Crippen LogP contribution in [0.2, 0.25) is 0 Å². The number of halogens is 3. The Bertz CT molecular complexity index is 867. The number of nitrogens with zero attached hydrogens (tertiary/aromatic N) is 1. The van der Waals surface area contributed by atoms with Gasteiger partial charge in [-0.05, 0) is 41.7 Å². The third kappa shape index (κ3) is 4.32. The van der Waals surface area contributed by atoms with Crippen molar-refractivity contribution < 1.29 is 22.8 Å². The van der Waals surface area contributed by atoms with Gasteiger partial charge in [-0.25, -0.2) is 4.79 Å². The number of hydrogen-bond donors (Lipinski definition) is 2. The van der Waals surface area contributed by atoms with Crippen molar-refractivity contribution in [2.45, 2.75) is 19.0 Å². The van der Waals surface area contributed by atoms with Crippen molar-refractivity contribution in [1.29, 1.82) is 0 Å². The molecule has 5 nitrogen and oxygen atoms in total. The van der Waals surface area contributed by atoms with E-state index in [2.05, 4.69) is 5.32 Å². The maximum atomic E-state index is 13.3. The van der Waals surface area contributed by atoms with E-state index in [1.54, 1.807) is 29.2 Å². The molecule has 0 aliphatic carbocycles. The maximum absolute atomic E-state index is 13.3. The summed E-state index contributed by atoms with van der Waals surface area (Å²) < 4.78 is 39.8. The summed E-state index contributed by atoms with van der Waals surface area (Å²) in [5, 5.41) is 3.39. The van der Waals surface area contributed by atoms with Crippen LogP contribution in [0.25, 0.3) is 10.8 Å². The number of alkyl halides is 3. The fraction of sp³-hybridized carbons (Fsp3) is 0.368.